The quantitative estimate of drug-likeness (QED) is 0.499. The van der Waals surface area contributed by atoms with Gasteiger partial charge in [-0.3, -0.25) is 0 Å². The number of rotatable bonds is 4. The molecule has 0 N–H and O–H groups in total. The van der Waals surface area contributed by atoms with Gasteiger partial charge in [-0.25, -0.2) is 0 Å². The van der Waals surface area contributed by atoms with Crippen LogP contribution in [-0.4, -0.2) is 0 Å². The largest absolute Gasteiger partial charge is 0.197 e. The minimum absolute atomic E-state index is 0.698. The van der Waals surface area contributed by atoms with Crippen molar-refractivity contribution in [2.45, 2.75) is 13.0 Å². The standard InChI is InChI=1S/C24H19N2/c25-17-20-12-10-19(11-13-20)16-24-23-9-5-4-8-22(23)14-15-26(24)18-21-6-2-1-3-7-21/h1-15H,16,18H2/q+1. The van der Waals surface area contributed by atoms with E-state index in [2.05, 4.69) is 71.4 Å². The zero-order valence-corrected chi connectivity index (χ0v) is 14.5. The van der Waals surface area contributed by atoms with Gasteiger partial charge in [0.1, 0.15) is 0 Å². The molecule has 0 saturated carbocycles. The molecule has 4 aromatic rings. The second-order valence-corrected chi connectivity index (χ2v) is 6.45. The number of fused-ring (bicyclic) bond motifs is 1. The molecule has 0 aliphatic carbocycles. The SMILES string of the molecule is N#Cc1ccc(Cc2c3ccccc3cc[n+]2Cc2ccccc2)cc1. The van der Waals surface area contributed by atoms with Gasteiger partial charge in [-0.1, -0.05) is 60.7 Å². The van der Waals surface area contributed by atoms with Crippen molar-refractivity contribution in [3.8, 4) is 6.07 Å². The van der Waals surface area contributed by atoms with Crippen LogP contribution in [0.5, 0.6) is 0 Å². The first-order chi connectivity index (χ1) is 12.8. The maximum absolute atomic E-state index is 9.01. The lowest BCUT2D eigenvalue weighted by molar-refractivity contribution is -0.693. The summed E-state index contributed by atoms with van der Waals surface area (Å²) in [6, 6.07) is 31.3. The lowest BCUT2D eigenvalue weighted by atomic mass is 10.0. The van der Waals surface area contributed by atoms with E-state index in [0.717, 1.165) is 13.0 Å². The smallest absolute Gasteiger partial charge is 0.193 e. The van der Waals surface area contributed by atoms with E-state index in [4.69, 9.17) is 5.26 Å². The van der Waals surface area contributed by atoms with E-state index < -0.39 is 0 Å². The van der Waals surface area contributed by atoms with Gasteiger partial charge in [0, 0.05) is 17.0 Å². The van der Waals surface area contributed by atoms with E-state index in [1.165, 1.54) is 27.6 Å². The van der Waals surface area contributed by atoms with E-state index in [9.17, 15) is 0 Å². The summed E-state index contributed by atoms with van der Waals surface area (Å²) in [5.41, 5.74) is 4.48. The predicted octanol–water partition coefficient (Wildman–Crippen LogP) is 4.64. The highest BCUT2D eigenvalue weighted by molar-refractivity contribution is 5.83. The second-order valence-electron chi connectivity index (χ2n) is 6.45. The van der Waals surface area contributed by atoms with Gasteiger partial charge in [0.2, 0.25) is 0 Å². The van der Waals surface area contributed by atoms with Crippen molar-refractivity contribution in [1.82, 2.24) is 0 Å². The van der Waals surface area contributed by atoms with Gasteiger partial charge >= 0.3 is 0 Å². The summed E-state index contributed by atoms with van der Waals surface area (Å²) in [6.07, 6.45) is 3.01. The van der Waals surface area contributed by atoms with Crippen LogP contribution in [0.25, 0.3) is 10.8 Å². The van der Waals surface area contributed by atoms with Crippen LogP contribution in [0.2, 0.25) is 0 Å². The number of aromatic nitrogens is 1. The first-order valence-electron chi connectivity index (χ1n) is 8.76. The minimum Gasteiger partial charge on any atom is -0.197 e. The molecule has 3 aromatic carbocycles. The van der Waals surface area contributed by atoms with Gasteiger partial charge in [-0.2, -0.15) is 9.83 Å². The molecule has 0 radical (unpaired) electrons. The molecule has 1 heterocycles. The summed E-state index contributed by atoms with van der Waals surface area (Å²) in [7, 11) is 0. The molecule has 0 spiro atoms. The molecule has 0 bridgehead atoms. The Hall–Kier alpha value is -3.44. The van der Waals surface area contributed by atoms with Gasteiger partial charge in [0.05, 0.1) is 18.1 Å². The van der Waals surface area contributed by atoms with Crippen LogP contribution < -0.4 is 4.57 Å². The first-order valence-corrected chi connectivity index (χ1v) is 8.76. The molecule has 124 valence electrons. The van der Waals surface area contributed by atoms with Crippen molar-refractivity contribution in [3.05, 3.63) is 114 Å². The fraction of sp³-hybridized carbons (Fsp3) is 0.0833. The average Bonchev–Trinajstić information content (AvgIpc) is 2.71. The maximum atomic E-state index is 9.01. The Morgan fingerprint density at radius 2 is 1.46 bits per heavy atom. The number of hydrogen-bond acceptors (Lipinski definition) is 1. The number of benzene rings is 3. The van der Waals surface area contributed by atoms with Crippen molar-refractivity contribution in [2.24, 2.45) is 0 Å². The van der Waals surface area contributed by atoms with Gasteiger partial charge < -0.3 is 0 Å². The highest BCUT2D eigenvalue weighted by atomic mass is 15.0. The van der Waals surface area contributed by atoms with Crippen molar-refractivity contribution in [2.75, 3.05) is 0 Å². The zero-order chi connectivity index (χ0) is 17.8. The Morgan fingerprint density at radius 3 is 2.23 bits per heavy atom. The van der Waals surface area contributed by atoms with E-state index in [-0.39, 0.29) is 0 Å². The highest BCUT2D eigenvalue weighted by Crippen LogP contribution is 2.19. The van der Waals surface area contributed by atoms with E-state index in [0.29, 0.717) is 5.56 Å². The first kappa shape index (κ1) is 16.1. The molecule has 26 heavy (non-hydrogen) atoms. The minimum atomic E-state index is 0.698. The Bertz CT molecular complexity index is 1070. The summed E-state index contributed by atoms with van der Waals surface area (Å²) in [4.78, 5) is 0. The summed E-state index contributed by atoms with van der Waals surface area (Å²) in [5.74, 6) is 0. The van der Waals surface area contributed by atoms with Crippen LogP contribution >= 0.6 is 0 Å². The molecule has 0 fully saturated rings. The van der Waals surface area contributed by atoms with Crippen molar-refractivity contribution in [1.29, 1.82) is 5.26 Å². The van der Waals surface area contributed by atoms with Crippen LogP contribution in [0.1, 0.15) is 22.4 Å². The monoisotopic (exact) mass is 335 g/mol. The molecule has 0 aliphatic rings. The van der Waals surface area contributed by atoms with Crippen LogP contribution in [0, 0.1) is 11.3 Å². The van der Waals surface area contributed by atoms with E-state index in [1.54, 1.807) is 0 Å². The molecule has 2 heteroatoms. The number of nitrogens with zero attached hydrogens (tertiary/aromatic N) is 2. The average molecular weight is 335 g/mol. The fourth-order valence-electron chi connectivity index (χ4n) is 3.34. The molecule has 0 unspecified atom stereocenters. The topological polar surface area (TPSA) is 27.7 Å². The summed E-state index contributed by atoms with van der Waals surface area (Å²) >= 11 is 0. The van der Waals surface area contributed by atoms with E-state index >= 15 is 0 Å². The maximum Gasteiger partial charge on any atom is 0.193 e. The lowest BCUT2D eigenvalue weighted by Gasteiger charge is -2.08. The Balaban J connectivity index is 1.78. The van der Waals surface area contributed by atoms with Crippen LogP contribution in [0.15, 0.2) is 91.1 Å². The molecule has 0 aliphatic heterocycles. The fourth-order valence-corrected chi connectivity index (χ4v) is 3.34. The van der Waals surface area contributed by atoms with E-state index in [1.807, 2.05) is 30.3 Å². The normalized spacial score (nSPS) is 10.6. The van der Waals surface area contributed by atoms with Crippen molar-refractivity contribution >= 4 is 10.8 Å². The molecule has 0 saturated heterocycles. The molecule has 4 rings (SSSR count). The van der Waals surface area contributed by atoms with Gasteiger partial charge in [0.25, 0.3) is 0 Å². The molecule has 0 amide bonds. The van der Waals surface area contributed by atoms with Crippen molar-refractivity contribution < 1.29 is 4.57 Å². The third-order valence-electron chi connectivity index (χ3n) is 4.70. The summed E-state index contributed by atoms with van der Waals surface area (Å²) in [5, 5.41) is 11.5. The summed E-state index contributed by atoms with van der Waals surface area (Å²) in [6.45, 7) is 0.845. The Kier molecular flexibility index (Phi) is 4.45. The molecule has 1 aromatic heterocycles. The molecular formula is C24H19N2+. The third-order valence-corrected chi connectivity index (χ3v) is 4.70. The Morgan fingerprint density at radius 1 is 0.731 bits per heavy atom. The third kappa shape index (κ3) is 3.34. The lowest BCUT2D eigenvalue weighted by Crippen LogP contribution is -2.39. The van der Waals surface area contributed by atoms with Crippen LogP contribution in [0.3, 0.4) is 0 Å². The number of hydrogen-bond donors (Lipinski definition) is 0. The van der Waals surface area contributed by atoms with Crippen LogP contribution in [0.4, 0.5) is 0 Å². The molecule has 0 atom stereocenters. The second kappa shape index (κ2) is 7.21. The highest BCUT2D eigenvalue weighted by Gasteiger charge is 2.16. The number of pyridine rings is 1. The molecule has 2 nitrogen and oxygen atoms in total. The van der Waals surface area contributed by atoms with Gasteiger partial charge in [-0.15, -0.1) is 0 Å². The Labute approximate surface area is 153 Å². The van der Waals surface area contributed by atoms with Crippen molar-refractivity contribution in [3.63, 3.8) is 0 Å². The zero-order valence-electron chi connectivity index (χ0n) is 14.5. The summed E-state index contributed by atoms with van der Waals surface area (Å²) < 4.78 is 2.33. The van der Waals surface area contributed by atoms with Crippen LogP contribution in [-0.2, 0) is 13.0 Å². The van der Waals surface area contributed by atoms with Gasteiger partial charge in [0.15, 0.2) is 18.4 Å². The predicted molar refractivity (Wildman–Crippen MR) is 104 cm³/mol. The van der Waals surface area contributed by atoms with Gasteiger partial charge in [-0.05, 0) is 29.1 Å². The molecular weight excluding hydrogens is 316 g/mol. The number of nitriles is 1.